The fourth-order valence-corrected chi connectivity index (χ4v) is 2.58. The summed E-state index contributed by atoms with van der Waals surface area (Å²) in [5.41, 5.74) is 6.39. The van der Waals surface area contributed by atoms with Crippen LogP contribution >= 0.6 is 23.4 Å². The van der Waals surface area contributed by atoms with Crippen LogP contribution in [-0.4, -0.2) is 17.3 Å². The van der Waals surface area contributed by atoms with Crippen LogP contribution in [0.4, 0.5) is 5.69 Å². The predicted molar refractivity (Wildman–Crippen MR) is 80.9 cm³/mol. The minimum atomic E-state index is 0.654. The van der Waals surface area contributed by atoms with Crippen LogP contribution in [0, 0.1) is 0 Å². The summed E-state index contributed by atoms with van der Waals surface area (Å²) in [7, 11) is 0. The molecule has 0 aliphatic heterocycles. The molecule has 0 fully saturated rings. The van der Waals surface area contributed by atoms with Gasteiger partial charge in [0, 0.05) is 23.7 Å². The van der Waals surface area contributed by atoms with Crippen LogP contribution in [0.5, 0.6) is 5.75 Å². The summed E-state index contributed by atoms with van der Waals surface area (Å²) in [5.74, 6) is 1.72. The van der Waals surface area contributed by atoms with Gasteiger partial charge in [-0.05, 0) is 30.7 Å². The van der Waals surface area contributed by atoms with Crippen molar-refractivity contribution in [1.82, 2.24) is 4.98 Å². The van der Waals surface area contributed by atoms with E-state index in [-0.39, 0.29) is 0 Å². The van der Waals surface area contributed by atoms with E-state index in [1.165, 1.54) is 0 Å². The van der Waals surface area contributed by atoms with E-state index < -0.39 is 0 Å². The fourth-order valence-electron chi connectivity index (χ4n) is 1.50. The lowest BCUT2D eigenvalue weighted by atomic mass is 10.3. The normalized spacial score (nSPS) is 10.4. The number of aromatic nitrogens is 1. The second kappa shape index (κ2) is 7.26. The van der Waals surface area contributed by atoms with E-state index in [0.29, 0.717) is 17.3 Å². The van der Waals surface area contributed by atoms with Gasteiger partial charge in [-0.1, -0.05) is 17.7 Å². The van der Waals surface area contributed by atoms with Gasteiger partial charge in [-0.15, -0.1) is 11.8 Å². The molecule has 1 aromatic carbocycles. The van der Waals surface area contributed by atoms with Gasteiger partial charge in [0.1, 0.15) is 10.8 Å². The number of rotatable bonds is 6. The number of nitrogens with zero attached hydrogens (tertiary/aromatic N) is 1. The lowest BCUT2D eigenvalue weighted by Crippen LogP contribution is -1.99. The number of benzene rings is 1. The Morgan fingerprint density at radius 3 is 2.95 bits per heavy atom. The lowest BCUT2D eigenvalue weighted by molar-refractivity contribution is 0.319. The Balaban J connectivity index is 1.69. The number of pyridine rings is 1. The Hall–Kier alpha value is -1.39. The summed E-state index contributed by atoms with van der Waals surface area (Å²) in [5, 5.41) is 1.57. The first-order chi connectivity index (χ1) is 9.25. The highest BCUT2D eigenvalue weighted by Gasteiger charge is 2.01. The molecule has 0 aliphatic rings. The smallest absolute Gasteiger partial charge is 0.121 e. The van der Waals surface area contributed by atoms with E-state index in [9.17, 15) is 0 Å². The van der Waals surface area contributed by atoms with E-state index in [1.807, 2.05) is 36.4 Å². The molecule has 0 atom stereocenters. The first-order valence-corrected chi connectivity index (χ1v) is 7.34. The average molecular weight is 295 g/mol. The summed E-state index contributed by atoms with van der Waals surface area (Å²) in [6.45, 7) is 0.654. The summed E-state index contributed by atoms with van der Waals surface area (Å²) in [4.78, 5) is 4.22. The number of anilines is 1. The third-order valence-corrected chi connectivity index (χ3v) is 3.89. The van der Waals surface area contributed by atoms with Gasteiger partial charge in [-0.3, -0.25) is 0 Å². The largest absolute Gasteiger partial charge is 0.493 e. The zero-order valence-electron chi connectivity index (χ0n) is 10.4. The molecule has 2 aromatic rings. The maximum Gasteiger partial charge on any atom is 0.121 e. The number of thioether (sulfide) groups is 1. The Morgan fingerprint density at radius 1 is 1.26 bits per heavy atom. The third-order valence-electron chi connectivity index (χ3n) is 2.38. The molecule has 0 aliphatic carbocycles. The van der Waals surface area contributed by atoms with Crippen molar-refractivity contribution in [2.75, 3.05) is 18.1 Å². The van der Waals surface area contributed by atoms with E-state index >= 15 is 0 Å². The van der Waals surface area contributed by atoms with E-state index in [2.05, 4.69) is 4.98 Å². The molecule has 19 heavy (non-hydrogen) atoms. The van der Waals surface area contributed by atoms with Gasteiger partial charge in [0.15, 0.2) is 0 Å². The van der Waals surface area contributed by atoms with Crippen LogP contribution in [-0.2, 0) is 0 Å². The zero-order valence-corrected chi connectivity index (χ0v) is 12.0. The average Bonchev–Trinajstić information content (AvgIpc) is 2.40. The highest BCUT2D eigenvalue weighted by molar-refractivity contribution is 7.99. The minimum absolute atomic E-state index is 0.654. The van der Waals surface area contributed by atoms with E-state index in [0.717, 1.165) is 22.9 Å². The SMILES string of the molecule is Nc1cccc(OCCCSc2ncccc2Cl)c1. The standard InChI is InChI=1S/C14H15ClN2OS/c15-13-6-2-7-17-14(13)19-9-3-8-18-12-5-1-4-11(16)10-12/h1-2,4-7,10H,3,8-9,16H2. The molecule has 3 nitrogen and oxygen atoms in total. The molecule has 0 unspecified atom stereocenters. The van der Waals surface area contributed by atoms with Crippen LogP contribution in [0.1, 0.15) is 6.42 Å². The molecule has 100 valence electrons. The maximum atomic E-state index is 6.02. The Labute approximate surface area is 122 Å². The first kappa shape index (κ1) is 14.0. The first-order valence-electron chi connectivity index (χ1n) is 5.97. The van der Waals surface area contributed by atoms with Crippen LogP contribution in [0.25, 0.3) is 0 Å². The van der Waals surface area contributed by atoms with Crippen LogP contribution in [0.2, 0.25) is 5.02 Å². The molecule has 5 heteroatoms. The molecule has 0 radical (unpaired) electrons. The molecule has 2 N–H and O–H groups in total. The molecule has 0 saturated heterocycles. The van der Waals surface area contributed by atoms with Gasteiger partial charge in [0.25, 0.3) is 0 Å². The Kier molecular flexibility index (Phi) is 5.36. The van der Waals surface area contributed by atoms with Gasteiger partial charge >= 0.3 is 0 Å². The molecule has 2 rings (SSSR count). The molecule has 0 saturated carbocycles. The summed E-state index contributed by atoms with van der Waals surface area (Å²) in [6, 6.07) is 11.1. The lowest BCUT2D eigenvalue weighted by Gasteiger charge is -2.06. The molecule has 0 spiro atoms. The van der Waals surface area contributed by atoms with Crippen molar-refractivity contribution in [1.29, 1.82) is 0 Å². The van der Waals surface area contributed by atoms with Crippen molar-refractivity contribution in [2.24, 2.45) is 0 Å². The maximum absolute atomic E-state index is 6.02. The minimum Gasteiger partial charge on any atom is -0.493 e. The van der Waals surface area contributed by atoms with Crippen molar-refractivity contribution in [2.45, 2.75) is 11.4 Å². The zero-order chi connectivity index (χ0) is 13.5. The Morgan fingerprint density at radius 2 is 2.16 bits per heavy atom. The van der Waals surface area contributed by atoms with Gasteiger partial charge in [0.05, 0.1) is 11.6 Å². The van der Waals surface area contributed by atoms with Gasteiger partial charge in [-0.2, -0.15) is 0 Å². The van der Waals surface area contributed by atoms with Crippen molar-refractivity contribution in [3.63, 3.8) is 0 Å². The summed E-state index contributed by atoms with van der Waals surface area (Å²) in [6.07, 6.45) is 2.67. The number of hydrogen-bond acceptors (Lipinski definition) is 4. The highest BCUT2D eigenvalue weighted by atomic mass is 35.5. The van der Waals surface area contributed by atoms with E-state index in [1.54, 1.807) is 18.0 Å². The number of nitrogens with two attached hydrogens (primary N) is 1. The van der Waals surface area contributed by atoms with Crippen molar-refractivity contribution in [3.8, 4) is 5.75 Å². The number of hydrogen-bond donors (Lipinski definition) is 1. The quantitative estimate of drug-likeness (QED) is 0.499. The molecular formula is C14H15ClN2OS. The number of ether oxygens (including phenoxy) is 1. The summed E-state index contributed by atoms with van der Waals surface area (Å²) < 4.78 is 5.61. The van der Waals surface area contributed by atoms with Crippen molar-refractivity contribution >= 4 is 29.1 Å². The molecular weight excluding hydrogens is 280 g/mol. The Bertz CT molecular complexity index is 536. The number of nitrogen functional groups attached to an aromatic ring is 1. The molecule has 0 amide bonds. The third kappa shape index (κ3) is 4.65. The van der Waals surface area contributed by atoms with Gasteiger partial charge in [0.2, 0.25) is 0 Å². The molecule has 0 bridgehead atoms. The van der Waals surface area contributed by atoms with Crippen LogP contribution in [0.15, 0.2) is 47.6 Å². The van der Waals surface area contributed by atoms with Crippen LogP contribution in [0.3, 0.4) is 0 Å². The second-order valence-electron chi connectivity index (χ2n) is 3.91. The molecule has 1 heterocycles. The van der Waals surface area contributed by atoms with Crippen molar-refractivity contribution in [3.05, 3.63) is 47.6 Å². The van der Waals surface area contributed by atoms with Crippen molar-refractivity contribution < 1.29 is 4.74 Å². The van der Waals surface area contributed by atoms with Crippen LogP contribution < -0.4 is 10.5 Å². The summed E-state index contributed by atoms with van der Waals surface area (Å²) >= 11 is 7.66. The highest BCUT2D eigenvalue weighted by Crippen LogP contribution is 2.24. The second-order valence-corrected chi connectivity index (χ2v) is 5.40. The van der Waals surface area contributed by atoms with Gasteiger partial charge in [-0.25, -0.2) is 4.98 Å². The monoisotopic (exact) mass is 294 g/mol. The number of halogens is 1. The molecule has 1 aromatic heterocycles. The van der Waals surface area contributed by atoms with Gasteiger partial charge < -0.3 is 10.5 Å². The fraction of sp³-hybridized carbons (Fsp3) is 0.214. The predicted octanol–water partition coefficient (Wildman–Crippen LogP) is 3.88. The topological polar surface area (TPSA) is 48.1 Å². The van der Waals surface area contributed by atoms with E-state index in [4.69, 9.17) is 22.1 Å².